The maximum Gasteiger partial charge on any atom is 0.194 e. The van der Waals surface area contributed by atoms with E-state index in [1.54, 1.807) is 0 Å². The molecule has 2 rings (SSSR count). The molecular formula is C12H18N3+. The van der Waals surface area contributed by atoms with Gasteiger partial charge in [-0.3, -0.25) is 5.43 Å². The average molecular weight is 204 g/mol. The van der Waals surface area contributed by atoms with Gasteiger partial charge in [0.05, 0.1) is 12.5 Å². The highest BCUT2D eigenvalue weighted by Gasteiger charge is 2.30. The Morgan fingerprint density at radius 1 is 1.47 bits per heavy atom. The van der Waals surface area contributed by atoms with Gasteiger partial charge in [0, 0.05) is 19.2 Å². The van der Waals surface area contributed by atoms with Crippen molar-refractivity contribution in [3.8, 4) is 0 Å². The van der Waals surface area contributed by atoms with Gasteiger partial charge in [0.2, 0.25) is 0 Å². The summed E-state index contributed by atoms with van der Waals surface area (Å²) in [5.41, 5.74) is 5.84. The predicted molar refractivity (Wildman–Crippen MR) is 62.7 cm³/mol. The highest BCUT2D eigenvalue weighted by atomic mass is 15.5. The first-order valence-corrected chi connectivity index (χ1v) is 5.27. The van der Waals surface area contributed by atoms with Crippen LogP contribution in [-0.2, 0) is 0 Å². The van der Waals surface area contributed by atoms with Crippen LogP contribution in [0.15, 0.2) is 36.1 Å². The maximum atomic E-state index is 3.11. The number of allylic oxidation sites excluding steroid dienone is 5. The summed E-state index contributed by atoms with van der Waals surface area (Å²) in [6.07, 6.45) is 11.0. The fourth-order valence-electron chi connectivity index (χ4n) is 1.99. The number of nitrogens with zero attached hydrogens (tertiary/aromatic N) is 2. The molecule has 0 aromatic carbocycles. The summed E-state index contributed by atoms with van der Waals surface area (Å²) in [5.74, 6) is 0.472. The summed E-state index contributed by atoms with van der Waals surface area (Å²) < 4.78 is 2.28. The Morgan fingerprint density at radius 2 is 2.27 bits per heavy atom. The van der Waals surface area contributed by atoms with Gasteiger partial charge in [-0.15, -0.1) is 0 Å². The number of likely N-dealkylation sites (N-methyl/N-ethyl adjacent to an activating group) is 2. The lowest BCUT2D eigenvalue weighted by molar-refractivity contribution is -0.443. The van der Waals surface area contributed by atoms with Crippen LogP contribution in [0.3, 0.4) is 0 Å². The van der Waals surface area contributed by atoms with E-state index >= 15 is 0 Å². The van der Waals surface area contributed by atoms with Crippen LogP contribution in [-0.4, -0.2) is 43.0 Å². The molecule has 0 bridgehead atoms. The molecule has 0 aromatic heterocycles. The topological polar surface area (TPSA) is 18.3 Å². The molecule has 15 heavy (non-hydrogen) atoms. The van der Waals surface area contributed by atoms with Crippen LogP contribution in [0.2, 0.25) is 0 Å². The molecule has 1 atom stereocenters. The molecule has 0 saturated heterocycles. The van der Waals surface area contributed by atoms with Crippen molar-refractivity contribution in [3.05, 3.63) is 36.1 Å². The van der Waals surface area contributed by atoms with Gasteiger partial charge in [-0.2, -0.15) is 0 Å². The Balaban J connectivity index is 2.18. The molecular weight excluding hydrogens is 186 g/mol. The second-order valence-electron chi connectivity index (χ2n) is 3.99. The van der Waals surface area contributed by atoms with Crippen LogP contribution >= 0.6 is 0 Å². The van der Waals surface area contributed by atoms with Crippen molar-refractivity contribution in [2.24, 2.45) is 5.92 Å². The van der Waals surface area contributed by atoms with Crippen LogP contribution in [0.25, 0.3) is 0 Å². The molecule has 0 radical (unpaired) electrons. The molecule has 3 heteroatoms. The number of hydrogen-bond donors (Lipinski definition) is 1. The quantitative estimate of drug-likeness (QED) is 0.541. The Labute approximate surface area is 91.1 Å². The van der Waals surface area contributed by atoms with E-state index in [4.69, 9.17) is 0 Å². The first kappa shape index (κ1) is 10.3. The summed E-state index contributed by atoms with van der Waals surface area (Å²) >= 11 is 0. The van der Waals surface area contributed by atoms with Crippen LogP contribution in [0.1, 0.15) is 0 Å². The summed E-state index contributed by atoms with van der Waals surface area (Å²) in [4.78, 5) is 0. The number of nitrogens with one attached hydrogen (secondary N) is 1. The highest BCUT2D eigenvalue weighted by Crippen LogP contribution is 2.20. The molecule has 0 saturated carbocycles. The minimum Gasteiger partial charge on any atom is -0.258 e. The van der Waals surface area contributed by atoms with E-state index in [1.807, 2.05) is 14.1 Å². The SMILES string of the molecule is CNN(C)CC1=CC2C=CC=CC2=[N+]1C. The van der Waals surface area contributed by atoms with Crippen molar-refractivity contribution in [2.45, 2.75) is 0 Å². The lowest BCUT2D eigenvalue weighted by Gasteiger charge is -2.12. The Bertz CT molecular complexity index is 374. The zero-order valence-corrected chi connectivity index (χ0v) is 9.57. The van der Waals surface area contributed by atoms with E-state index < -0.39 is 0 Å². The standard InChI is InChI=1S/C12H18N3/c1-13-14(2)9-11-8-10-6-4-5-7-12(10)15(11)3/h4-8,10,13H,9H2,1-3H3/q+1. The monoisotopic (exact) mass is 204 g/mol. The minimum absolute atomic E-state index is 0.472. The Hall–Kier alpha value is -1.19. The molecule has 1 heterocycles. The summed E-state index contributed by atoms with van der Waals surface area (Å²) in [6.45, 7) is 0.925. The largest absolute Gasteiger partial charge is 0.258 e. The first-order valence-electron chi connectivity index (χ1n) is 5.27. The van der Waals surface area contributed by atoms with Gasteiger partial charge in [0.15, 0.2) is 11.4 Å². The molecule has 3 nitrogen and oxygen atoms in total. The maximum absolute atomic E-state index is 3.11. The van der Waals surface area contributed by atoms with Gasteiger partial charge in [-0.05, 0) is 7.05 Å². The third-order valence-corrected chi connectivity index (χ3v) is 3.01. The van der Waals surface area contributed by atoms with Gasteiger partial charge in [-0.25, -0.2) is 9.58 Å². The van der Waals surface area contributed by atoms with Crippen molar-refractivity contribution >= 4 is 5.71 Å². The summed E-state index contributed by atoms with van der Waals surface area (Å²) in [7, 11) is 6.12. The molecule has 1 unspecified atom stereocenters. The van der Waals surface area contributed by atoms with E-state index in [0.29, 0.717) is 5.92 Å². The lowest BCUT2D eigenvalue weighted by Crippen LogP contribution is -2.34. The van der Waals surface area contributed by atoms with Gasteiger partial charge >= 0.3 is 0 Å². The van der Waals surface area contributed by atoms with Crippen molar-refractivity contribution in [1.82, 2.24) is 10.4 Å². The molecule has 80 valence electrons. The molecule has 1 aliphatic carbocycles. The highest BCUT2D eigenvalue weighted by molar-refractivity contribution is 5.98. The zero-order valence-electron chi connectivity index (χ0n) is 9.57. The van der Waals surface area contributed by atoms with Gasteiger partial charge in [0.25, 0.3) is 0 Å². The van der Waals surface area contributed by atoms with Crippen molar-refractivity contribution in [3.63, 3.8) is 0 Å². The van der Waals surface area contributed by atoms with Gasteiger partial charge < -0.3 is 0 Å². The molecule has 0 amide bonds. The summed E-state index contributed by atoms with van der Waals surface area (Å²) in [5, 5.41) is 2.08. The first-order chi connectivity index (χ1) is 7.22. The second-order valence-corrected chi connectivity index (χ2v) is 3.99. The van der Waals surface area contributed by atoms with Crippen LogP contribution < -0.4 is 5.43 Å². The van der Waals surface area contributed by atoms with Gasteiger partial charge in [-0.1, -0.05) is 18.2 Å². The number of hydrogen-bond acceptors (Lipinski definition) is 2. The minimum atomic E-state index is 0.472. The third kappa shape index (κ3) is 1.94. The number of rotatable bonds is 3. The van der Waals surface area contributed by atoms with E-state index in [9.17, 15) is 0 Å². The van der Waals surface area contributed by atoms with E-state index in [2.05, 4.69) is 52.4 Å². The predicted octanol–water partition coefficient (Wildman–Crippen LogP) is 0.776. The van der Waals surface area contributed by atoms with E-state index in [1.165, 1.54) is 11.4 Å². The normalized spacial score (nSPS) is 23.7. The second kappa shape index (κ2) is 4.13. The van der Waals surface area contributed by atoms with E-state index in [-0.39, 0.29) is 0 Å². The fourth-order valence-corrected chi connectivity index (χ4v) is 1.99. The molecule has 1 aliphatic heterocycles. The lowest BCUT2D eigenvalue weighted by atomic mass is 10.00. The Kier molecular flexibility index (Phi) is 2.84. The zero-order chi connectivity index (χ0) is 10.8. The fraction of sp³-hybridized carbons (Fsp3) is 0.417. The smallest absolute Gasteiger partial charge is 0.194 e. The number of hydrazine groups is 1. The summed E-state index contributed by atoms with van der Waals surface area (Å²) in [6, 6.07) is 0. The van der Waals surface area contributed by atoms with Crippen molar-refractivity contribution < 1.29 is 4.58 Å². The van der Waals surface area contributed by atoms with E-state index in [0.717, 1.165) is 6.54 Å². The Morgan fingerprint density at radius 3 is 2.93 bits per heavy atom. The molecule has 1 N–H and O–H groups in total. The van der Waals surface area contributed by atoms with Crippen molar-refractivity contribution in [2.75, 3.05) is 27.7 Å². The van der Waals surface area contributed by atoms with Crippen molar-refractivity contribution in [1.29, 1.82) is 0 Å². The van der Waals surface area contributed by atoms with Crippen LogP contribution in [0, 0.1) is 5.92 Å². The molecule has 0 fully saturated rings. The molecule has 0 spiro atoms. The molecule has 2 aliphatic rings. The van der Waals surface area contributed by atoms with Crippen LogP contribution in [0.4, 0.5) is 0 Å². The number of fused-ring (bicyclic) bond motifs is 1. The molecule has 0 aromatic rings. The van der Waals surface area contributed by atoms with Gasteiger partial charge in [0.1, 0.15) is 7.05 Å². The average Bonchev–Trinajstić information content (AvgIpc) is 2.57. The van der Waals surface area contributed by atoms with Crippen LogP contribution in [0.5, 0.6) is 0 Å². The third-order valence-electron chi connectivity index (χ3n) is 3.01.